The highest BCUT2D eigenvalue weighted by atomic mass is 16.5. The smallest absolute Gasteiger partial charge is 0.151 e. The Balaban J connectivity index is 2.47. The van der Waals surface area contributed by atoms with Gasteiger partial charge in [0.15, 0.2) is 5.82 Å². The molecule has 0 spiro atoms. The summed E-state index contributed by atoms with van der Waals surface area (Å²) in [5.41, 5.74) is 0.984. The lowest BCUT2D eigenvalue weighted by Crippen LogP contribution is -2.28. The summed E-state index contributed by atoms with van der Waals surface area (Å²) in [6.45, 7) is 11.3. The Morgan fingerprint density at radius 1 is 1.21 bits per heavy atom. The number of hydrogen-bond acceptors (Lipinski definition) is 5. The van der Waals surface area contributed by atoms with Crippen molar-refractivity contribution in [1.82, 2.24) is 15.5 Å². The highest BCUT2D eigenvalue weighted by Gasteiger charge is 2.06. The van der Waals surface area contributed by atoms with E-state index < -0.39 is 0 Å². The predicted molar refractivity (Wildman–Crippen MR) is 78.4 cm³/mol. The molecule has 19 heavy (non-hydrogen) atoms. The Morgan fingerprint density at radius 3 is 2.63 bits per heavy atom. The van der Waals surface area contributed by atoms with Gasteiger partial charge in [-0.15, -0.1) is 5.10 Å². The van der Waals surface area contributed by atoms with Gasteiger partial charge >= 0.3 is 0 Å². The van der Waals surface area contributed by atoms with Crippen molar-refractivity contribution in [3.05, 3.63) is 17.8 Å². The van der Waals surface area contributed by atoms with Crippen LogP contribution in [-0.2, 0) is 11.3 Å². The standard InChI is InChI=1S/C14H26N4O/c1-4-9-15-12-13-7-8-14(17-16-13)18(5-2)10-11-19-6-3/h7-8,15H,4-6,9-12H2,1-3H3. The zero-order chi connectivity index (χ0) is 13.9. The van der Waals surface area contributed by atoms with E-state index in [4.69, 9.17) is 4.74 Å². The zero-order valence-electron chi connectivity index (χ0n) is 12.4. The second-order valence-corrected chi connectivity index (χ2v) is 4.34. The summed E-state index contributed by atoms with van der Waals surface area (Å²) in [5.74, 6) is 0.918. The average molecular weight is 266 g/mol. The lowest BCUT2D eigenvalue weighted by Gasteiger charge is -2.21. The maximum absolute atomic E-state index is 5.38. The van der Waals surface area contributed by atoms with Gasteiger partial charge in [0.05, 0.1) is 12.3 Å². The van der Waals surface area contributed by atoms with Crippen molar-refractivity contribution in [2.75, 3.05) is 37.7 Å². The molecule has 1 heterocycles. The van der Waals surface area contributed by atoms with Crippen LogP contribution in [0.2, 0.25) is 0 Å². The van der Waals surface area contributed by atoms with E-state index in [1.165, 1.54) is 0 Å². The van der Waals surface area contributed by atoms with Crippen LogP contribution in [-0.4, -0.2) is 43.0 Å². The van der Waals surface area contributed by atoms with Crippen LogP contribution in [0.15, 0.2) is 12.1 Å². The number of aromatic nitrogens is 2. The summed E-state index contributed by atoms with van der Waals surface area (Å²) in [5, 5.41) is 11.9. The third-order valence-electron chi connectivity index (χ3n) is 2.85. The molecule has 108 valence electrons. The van der Waals surface area contributed by atoms with E-state index >= 15 is 0 Å². The number of likely N-dealkylation sites (N-methyl/N-ethyl adjacent to an activating group) is 1. The van der Waals surface area contributed by atoms with Crippen LogP contribution in [0.1, 0.15) is 32.9 Å². The fourth-order valence-corrected chi connectivity index (χ4v) is 1.76. The largest absolute Gasteiger partial charge is 0.380 e. The van der Waals surface area contributed by atoms with Gasteiger partial charge in [-0.25, -0.2) is 0 Å². The predicted octanol–water partition coefficient (Wildman–Crippen LogP) is 1.84. The summed E-state index contributed by atoms with van der Waals surface area (Å²) in [7, 11) is 0. The van der Waals surface area contributed by atoms with Gasteiger partial charge in [0.1, 0.15) is 0 Å². The number of ether oxygens (including phenoxy) is 1. The normalized spacial score (nSPS) is 10.7. The van der Waals surface area contributed by atoms with E-state index in [-0.39, 0.29) is 0 Å². The Labute approximate surface area is 116 Å². The molecular formula is C14H26N4O. The first-order valence-corrected chi connectivity index (χ1v) is 7.17. The van der Waals surface area contributed by atoms with Gasteiger partial charge in [-0.1, -0.05) is 6.92 Å². The maximum atomic E-state index is 5.38. The van der Waals surface area contributed by atoms with Gasteiger partial charge in [0.2, 0.25) is 0 Å². The number of nitrogens with one attached hydrogen (secondary N) is 1. The van der Waals surface area contributed by atoms with Crippen molar-refractivity contribution in [3.63, 3.8) is 0 Å². The summed E-state index contributed by atoms with van der Waals surface area (Å²) in [6, 6.07) is 4.07. The lowest BCUT2D eigenvalue weighted by molar-refractivity contribution is 0.154. The molecule has 1 aromatic rings. The van der Waals surface area contributed by atoms with E-state index in [0.717, 1.165) is 57.3 Å². The highest BCUT2D eigenvalue weighted by molar-refractivity contribution is 5.36. The molecule has 0 saturated heterocycles. The molecule has 0 saturated carbocycles. The number of anilines is 1. The highest BCUT2D eigenvalue weighted by Crippen LogP contribution is 2.08. The zero-order valence-corrected chi connectivity index (χ0v) is 12.4. The minimum atomic E-state index is 0.728. The summed E-state index contributed by atoms with van der Waals surface area (Å²) in [4.78, 5) is 2.17. The SMILES string of the molecule is CCCNCc1ccc(N(CC)CCOCC)nn1. The Morgan fingerprint density at radius 2 is 2.05 bits per heavy atom. The minimum Gasteiger partial charge on any atom is -0.380 e. The first kappa shape index (κ1) is 15.9. The third-order valence-corrected chi connectivity index (χ3v) is 2.85. The molecule has 0 fully saturated rings. The average Bonchev–Trinajstić information content (AvgIpc) is 2.45. The lowest BCUT2D eigenvalue weighted by atomic mass is 10.3. The molecule has 0 radical (unpaired) electrons. The fourth-order valence-electron chi connectivity index (χ4n) is 1.76. The Bertz CT molecular complexity index is 329. The Hall–Kier alpha value is -1.20. The summed E-state index contributed by atoms with van der Waals surface area (Å²) in [6.07, 6.45) is 1.13. The first-order valence-electron chi connectivity index (χ1n) is 7.17. The first-order chi connectivity index (χ1) is 9.31. The van der Waals surface area contributed by atoms with Crippen LogP contribution in [0, 0.1) is 0 Å². The summed E-state index contributed by atoms with van der Waals surface area (Å²) >= 11 is 0. The van der Waals surface area contributed by atoms with Crippen LogP contribution in [0.4, 0.5) is 5.82 Å². The topological polar surface area (TPSA) is 50.3 Å². The van der Waals surface area contributed by atoms with Gasteiger partial charge in [-0.05, 0) is 38.9 Å². The molecule has 0 aliphatic rings. The molecule has 5 heteroatoms. The molecule has 1 N–H and O–H groups in total. The molecule has 1 rings (SSSR count). The quantitative estimate of drug-likeness (QED) is 0.655. The van der Waals surface area contributed by atoms with Gasteiger partial charge in [0.25, 0.3) is 0 Å². The van der Waals surface area contributed by atoms with Gasteiger partial charge in [-0.3, -0.25) is 0 Å². The van der Waals surface area contributed by atoms with Crippen LogP contribution in [0.5, 0.6) is 0 Å². The van der Waals surface area contributed by atoms with Crippen LogP contribution >= 0.6 is 0 Å². The molecular weight excluding hydrogens is 240 g/mol. The van der Waals surface area contributed by atoms with Crippen LogP contribution in [0.3, 0.4) is 0 Å². The molecule has 5 nitrogen and oxygen atoms in total. The van der Waals surface area contributed by atoms with Crippen molar-refractivity contribution in [2.45, 2.75) is 33.7 Å². The fraction of sp³-hybridized carbons (Fsp3) is 0.714. The molecule has 0 aliphatic heterocycles. The van der Waals surface area contributed by atoms with Crippen molar-refractivity contribution in [3.8, 4) is 0 Å². The van der Waals surface area contributed by atoms with Crippen LogP contribution < -0.4 is 10.2 Å². The second kappa shape index (κ2) is 9.69. The van der Waals surface area contributed by atoms with Crippen molar-refractivity contribution in [2.24, 2.45) is 0 Å². The van der Waals surface area contributed by atoms with Gasteiger partial charge in [-0.2, -0.15) is 5.10 Å². The van der Waals surface area contributed by atoms with E-state index in [1.807, 2.05) is 19.1 Å². The van der Waals surface area contributed by atoms with Crippen molar-refractivity contribution in [1.29, 1.82) is 0 Å². The van der Waals surface area contributed by atoms with E-state index in [2.05, 4.69) is 34.3 Å². The monoisotopic (exact) mass is 266 g/mol. The van der Waals surface area contributed by atoms with Crippen LogP contribution in [0.25, 0.3) is 0 Å². The van der Waals surface area contributed by atoms with E-state index in [9.17, 15) is 0 Å². The Kier molecular flexibility index (Phi) is 8.09. The molecule has 0 amide bonds. The summed E-state index contributed by atoms with van der Waals surface area (Å²) < 4.78 is 5.38. The second-order valence-electron chi connectivity index (χ2n) is 4.34. The molecule has 0 atom stereocenters. The molecule has 0 bridgehead atoms. The molecule has 1 aromatic heterocycles. The number of hydrogen-bond donors (Lipinski definition) is 1. The van der Waals surface area contributed by atoms with Crippen molar-refractivity contribution < 1.29 is 4.74 Å². The number of rotatable bonds is 10. The van der Waals surface area contributed by atoms with Gasteiger partial charge < -0.3 is 15.0 Å². The number of nitrogens with zero attached hydrogens (tertiary/aromatic N) is 3. The third kappa shape index (κ3) is 5.98. The van der Waals surface area contributed by atoms with E-state index in [0.29, 0.717) is 0 Å². The molecule has 0 aliphatic carbocycles. The molecule has 0 unspecified atom stereocenters. The van der Waals surface area contributed by atoms with E-state index in [1.54, 1.807) is 0 Å². The van der Waals surface area contributed by atoms with Gasteiger partial charge in [0, 0.05) is 26.2 Å². The minimum absolute atomic E-state index is 0.728. The van der Waals surface area contributed by atoms with Crippen molar-refractivity contribution >= 4 is 5.82 Å². The molecule has 0 aromatic carbocycles. The maximum Gasteiger partial charge on any atom is 0.151 e.